The molecule has 0 spiro atoms. The summed E-state index contributed by atoms with van der Waals surface area (Å²) in [6.07, 6.45) is 0.899. The van der Waals surface area contributed by atoms with E-state index in [0.717, 1.165) is 6.42 Å². The smallest absolute Gasteiger partial charge is 0.378 e. The number of hydrogen-bond donors (Lipinski definition) is 1. The highest BCUT2D eigenvalue weighted by Crippen LogP contribution is 2.36. The second-order valence-corrected chi connectivity index (χ2v) is 6.57. The highest BCUT2D eigenvalue weighted by atomic mass is 19.3. The van der Waals surface area contributed by atoms with Gasteiger partial charge in [0.1, 0.15) is 0 Å². The van der Waals surface area contributed by atoms with Gasteiger partial charge in [0.05, 0.1) is 11.1 Å². The third kappa shape index (κ3) is 5.25. The van der Waals surface area contributed by atoms with Crippen molar-refractivity contribution in [3.63, 3.8) is 0 Å². The van der Waals surface area contributed by atoms with Gasteiger partial charge in [-0.2, -0.15) is 8.78 Å². The molecule has 2 rings (SSSR count). The minimum atomic E-state index is -4.19. The van der Waals surface area contributed by atoms with Gasteiger partial charge in [-0.1, -0.05) is 19.3 Å². The first-order valence-corrected chi connectivity index (χ1v) is 8.85. The number of carbonyl (C=O) groups excluding carboxylic acids is 2. The number of alkyl halides is 2. The van der Waals surface area contributed by atoms with Gasteiger partial charge in [-0.3, -0.25) is 0 Å². The number of rotatable bonds is 8. The lowest BCUT2D eigenvalue weighted by molar-refractivity contribution is -0.189. The lowest BCUT2D eigenvalue weighted by Crippen LogP contribution is -2.48. The number of carboxylic acids is 1. The molecule has 0 aliphatic heterocycles. The standard InChI is InChI=1S/C19H22F2O7/c1-26-11-27-16(22)13-7-9-14(10-8-13)17(23)28-15(19(20,21)18(24)25)12-5-3-2-4-6-12/h7-10,12,15H,2-6,11H2,1H3,(H,24,25). The molecule has 0 amide bonds. The fourth-order valence-corrected chi connectivity index (χ4v) is 3.15. The van der Waals surface area contributed by atoms with Crippen molar-refractivity contribution in [1.82, 2.24) is 0 Å². The first-order chi connectivity index (χ1) is 13.3. The molecule has 0 aromatic heterocycles. The number of aliphatic carboxylic acids is 1. The Bertz CT molecular complexity index is 697. The minimum absolute atomic E-state index is 0.0784. The fourth-order valence-electron chi connectivity index (χ4n) is 3.15. The summed E-state index contributed by atoms with van der Waals surface area (Å²) in [6.45, 7) is -0.240. The van der Waals surface area contributed by atoms with Gasteiger partial charge < -0.3 is 19.3 Å². The Morgan fingerprint density at radius 1 is 1.07 bits per heavy atom. The maximum Gasteiger partial charge on any atom is 0.378 e. The predicted molar refractivity (Wildman–Crippen MR) is 92.1 cm³/mol. The molecule has 154 valence electrons. The molecule has 1 atom stereocenters. The Kier molecular flexibility index (Phi) is 7.45. The molecule has 1 saturated carbocycles. The van der Waals surface area contributed by atoms with E-state index >= 15 is 0 Å². The molecule has 1 fully saturated rings. The second kappa shape index (κ2) is 9.59. The molecule has 9 heteroatoms. The molecule has 28 heavy (non-hydrogen) atoms. The molecular weight excluding hydrogens is 378 g/mol. The van der Waals surface area contributed by atoms with Crippen LogP contribution in [0.5, 0.6) is 0 Å². The van der Waals surface area contributed by atoms with Crippen LogP contribution in [-0.4, -0.2) is 48.9 Å². The van der Waals surface area contributed by atoms with Crippen LogP contribution in [0.3, 0.4) is 0 Å². The van der Waals surface area contributed by atoms with E-state index in [4.69, 9.17) is 14.6 Å². The highest BCUT2D eigenvalue weighted by Gasteiger charge is 2.53. The van der Waals surface area contributed by atoms with Crippen LogP contribution in [0, 0.1) is 5.92 Å². The average Bonchev–Trinajstić information content (AvgIpc) is 2.70. The summed E-state index contributed by atoms with van der Waals surface area (Å²) in [5.74, 6) is -9.01. The van der Waals surface area contributed by atoms with E-state index in [9.17, 15) is 23.2 Å². The Morgan fingerprint density at radius 3 is 2.11 bits per heavy atom. The summed E-state index contributed by atoms with van der Waals surface area (Å²) in [6, 6.07) is 5.00. The number of carbonyl (C=O) groups is 3. The molecule has 0 saturated heterocycles. The number of esters is 2. The topological polar surface area (TPSA) is 99.1 Å². The Labute approximate surface area is 160 Å². The molecule has 0 heterocycles. The summed E-state index contributed by atoms with van der Waals surface area (Å²) in [7, 11) is 1.35. The molecule has 1 aliphatic carbocycles. The van der Waals surface area contributed by atoms with E-state index in [-0.39, 0.29) is 17.9 Å². The number of carboxylic acid groups (broad SMARTS) is 1. The van der Waals surface area contributed by atoms with Gasteiger partial charge in [-0.25, -0.2) is 14.4 Å². The monoisotopic (exact) mass is 400 g/mol. The summed E-state index contributed by atoms with van der Waals surface area (Å²) in [5, 5.41) is 8.89. The van der Waals surface area contributed by atoms with Gasteiger partial charge in [-0.05, 0) is 37.1 Å². The van der Waals surface area contributed by atoms with Gasteiger partial charge in [0.2, 0.25) is 0 Å². The predicted octanol–water partition coefficient (Wildman–Crippen LogP) is 3.27. The van der Waals surface area contributed by atoms with Gasteiger partial charge in [0.25, 0.3) is 0 Å². The first kappa shape index (κ1) is 21.7. The first-order valence-electron chi connectivity index (χ1n) is 8.85. The third-order valence-electron chi connectivity index (χ3n) is 4.62. The average molecular weight is 400 g/mol. The van der Waals surface area contributed by atoms with Crippen LogP contribution in [0.15, 0.2) is 24.3 Å². The van der Waals surface area contributed by atoms with Crippen molar-refractivity contribution in [2.45, 2.75) is 44.1 Å². The van der Waals surface area contributed by atoms with Gasteiger partial charge >= 0.3 is 23.8 Å². The Morgan fingerprint density at radius 2 is 1.61 bits per heavy atom. The summed E-state index contributed by atoms with van der Waals surface area (Å²) < 4.78 is 42.7. The molecule has 1 aromatic rings. The van der Waals surface area contributed by atoms with Crippen LogP contribution in [0.2, 0.25) is 0 Å². The van der Waals surface area contributed by atoms with Crippen LogP contribution >= 0.6 is 0 Å². The molecule has 0 radical (unpaired) electrons. The molecule has 0 bridgehead atoms. The highest BCUT2D eigenvalue weighted by molar-refractivity contribution is 5.93. The number of halogens is 2. The maximum absolute atomic E-state index is 14.2. The van der Waals surface area contributed by atoms with E-state index in [0.29, 0.717) is 25.7 Å². The number of ether oxygens (including phenoxy) is 3. The number of hydrogen-bond acceptors (Lipinski definition) is 6. The van der Waals surface area contributed by atoms with Crippen LogP contribution in [0.25, 0.3) is 0 Å². The minimum Gasteiger partial charge on any atom is -0.477 e. The molecule has 1 unspecified atom stereocenters. The molecular formula is C19H22F2O7. The van der Waals surface area contributed by atoms with Crippen LogP contribution in [-0.2, 0) is 19.0 Å². The zero-order valence-corrected chi connectivity index (χ0v) is 15.4. The van der Waals surface area contributed by atoms with Crippen molar-refractivity contribution in [1.29, 1.82) is 0 Å². The van der Waals surface area contributed by atoms with Gasteiger partial charge in [0.15, 0.2) is 12.9 Å². The molecule has 1 aliphatic rings. The van der Waals surface area contributed by atoms with Crippen LogP contribution < -0.4 is 0 Å². The van der Waals surface area contributed by atoms with Crippen molar-refractivity contribution in [2.75, 3.05) is 13.9 Å². The SMILES string of the molecule is COCOC(=O)c1ccc(C(=O)OC(C2CCCCC2)C(F)(F)C(=O)O)cc1. The van der Waals surface area contributed by atoms with E-state index in [1.807, 2.05) is 0 Å². The zero-order valence-electron chi connectivity index (χ0n) is 15.4. The summed E-state index contributed by atoms with van der Waals surface area (Å²) >= 11 is 0. The van der Waals surface area contributed by atoms with Crippen molar-refractivity contribution >= 4 is 17.9 Å². The van der Waals surface area contributed by atoms with Crippen molar-refractivity contribution in [3.05, 3.63) is 35.4 Å². The summed E-state index contributed by atoms with van der Waals surface area (Å²) in [4.78, 5) is 35.1. The lowest BCUT2D eigenvalue weighted by Gasteiger charge is -2.33. The zero-order chi connectivity index (χ0) is 20.7. The van der Waals surface area contributed by atoms with Crippen molar-refractivity contribution in [3.8, 4) is 0 Å². The van der Waals surface area contributed by atoms with Crippen LogP contribution in [0.4, 0.5) is 8.78 Å². The second-order valence-electron chi connectivity index (χ2n) is 6.57. The largest absolute Gasteiger partial charge is 0.477 e. The molecule has 7 nitrogen and oxygen atoms in total. The quantitative estimate of drug-likeness (QED) is 0.528. The molecule has 1 aromatic carbocycles. The van der Waals surface area contributed by atoms with Crippen molar-refractivity contribution in [2.24, 2.45) is 5.92 Å². The number of benzene rings is 1. The summed E-state index contributed by atoms with van der Waals surface area (Å²) in [5.41, 5.74) is 0.0542. The Balaban J connectivity index is 2.14. The van der Waals surface area contributed by atoms with Crippen LogP contribution in [0.1, 0.15) is 52.8 Å². The normalized spacial score (nSPS) is 16.2. The lowest BCUT2D eigenvalue weighted by atomic mass is 9.83. The van der Waals surface area contributed by atoms with Gasteiger partial charge in [-0.15, -0.1) is 0 Å². The van der Waals surface area contributed by atoms with E-state index in [1.54, 1.807) is 0 Å². The van der Waals surface area contributed by atoms with Gasteiger partial charge in [0, 0.05) is 13.0 Å². The van der Waals surface area contributed by atoms with E-state index in [1.165, 1.54) is 31.4 Å². The fraction of sp³-hybridized carbons (Fsp3) is 0.526. The number of methoxy groups -OCH3 is 1. The van der Waals surface area contributed by atoms with E-state index in [2.05, 4.69) is 4.74 Å². The van der Waals surface area contributed by atoms with Crippen molar-refractivity contribution < 1.29 is 42.5 Å². The maximum atomic E-state index is 14.2. The Hall–Kier alpha value is -2.55. The molecule has 1 N–H and O–H groups in total. The van der Waals surface area contributed by atoms with E-state index < -0.39 is 35.9 Å². The third-order valence-corrected chi connectivity index (χ3v) is 4.62.